The monoisotopic (exact) mass is 673 g/mol. The van der Waals surface area contributed by atoms with Crippen molar-refractivity contribution in [3.63, 3.8) is 0 Å². The number of carboxylic acids is 1. The van der Waals surface area contributed by atoms with Crippen LogP contribution < -0.4 is 4.74 Å². The fourth-order valence-corrected chi connectivity index (χ4v) is 6.35. The number of benzene rings is 1. The SMILES string of the molecule is COc1ccc(/C=C/C(=O)OCCCCCCCCCCCCCCCCCCCCCCCCCCCCCCCC(=O)O)cc1O. The van der Waals surface area contributed by atoms with Crippen molar-refractivity contribution in [2.24, 2.45) is 0 Å². The summed E-state index contributed by atoms with van der Waals surface area (Å²) in [4.78, 5) is 22.4. The maximum absolute atomic E-state index is 11.9. The molecule has 276 valence electrons. The first-order chi connectivity index (χ1) is 23.5. The number of carbonyl (C=O) groups is 2. The molecule has 0 unspecified atom stereocenters. The number of hydrogen-bond donors (Lipinski definition) is 2. The first-order valence-corrected chi connectivity index (χ1v) is 20.0. The number of phenolic OH excluding ortho intramolecular Hbond substituents is 1. The summed E-state index contributed by atoms with van der Waals surface area (Å²) in [6, 6.07) is 5.00. The number of rotatable bonds is 35. The van der Waals surface area contributed by atoms with Gasteiger partial charge in [0.1, 0.15) is 0 Å². The molecule has 2 N–H and O–H groups in total. The van der Waals surface area contributed by atoms with Crippen LogP contribution in [-0.4, -0.2) is 35.9 Å². The number of carboxylic acid groups (broad SMARTS) is 1. The minimum Gasteiger partial charge on any atom is -0.504 e. The molecule has 0 atom stereocenters. The van der Waals surface area contributed by atoms with Gasteiger partial charge in [-0.3, -0.25) is 4.79 Å². The van der Waals surface area contributed by atoms with E-state index in [9.17, 15) is 14.7 Å². The van der Waals surface area contributed by atoms with Crippen molar-refractivity contribution in [3.05, 3.63) is 29.8 Å². The standard InChI is InChI=1S/C42H72O6/c1-47-40-34-32-38(37-39(40)43)33-35-42(46)48-36-30-28-26-24-22-20-18-16-14-12-10-8-6-4-2-3-5-7-9-11-13-15-17-19-21-23-25-27-29-31-41(44)45/h32-35,37,43H,2-31,36H2,1H3,(H,44,45)/b35-33+. The minimum atomic E-state index is -0.659. The first-order valence-electron chi connectivity index (χ1n) is 20.0. The first kappa shape index (κ1) is 43.5. The number of hydrogen-bond acceptors (Lipinski definition) is 5. The van der Waals surface area contributed by atoms with Crippen molar-refractivity contribution in [1.29, 1.82) is 0 Å². The highest BCUT2D eigenvalue weighted by Gasteiger charge is 2.03. The summed E-state index contributed by atoms with van der Waals surface area (Å²) < 4.78 is 10.3. The fraction of sp³-hybridized carbons (Fsp3) is 0.762. The Bertz CT molecular complexity index is 927. The quantitative estimate of drug-likeness (QED) is 0.0423. The van der Waals surface area contributed by atoms with E-state index < -0.39 is 5.97 Å². The average molecular weight is 673 g/mol. The summed E-state index contributed by atoms with van der Waals surface area (Å²) in [5.74, 6) is -0.552. The van der Waals surface area contributed by atoms with E-state index in [-0.39, 0.29) is 11.7 Å². The molecule has 6 nitrogen and oxygen atoms in total. The highest BCUT2D eigenvalue weighted by atomic mass is 16.5. The highest BCUT2D eigenvalue weighted by Crippen LogP contribution is 2.26. The Morgan fingerprint density at radius 1 is 0.562 bits per heavy atom. The molecule has 1 aromatic carbocycles. The van der Waals surface area contributed by atoms with Gasteiger partial charge < -0.3 is 19.7 Å². The fourth-order valence-electron chi connectivity index (χ4n) is 6.35. The number of aliphatic carboxylic acids is 1. The molecule has 0 bridgehead atoms. The molecule has 0 aliphatic heterocycles. The minimum absolute atomic E-state index is 0.0490. The largest absolute Gasteiger partial charge is 0.504 e. The molecule has 0 saturated carbocycles. The Balaban J connectivity index is 1.71. The normalized spacial score (nSPS) is 11.4. The lowest BCUT2D eigenvalue weighted by Crippen LogP contribution is -2.02. The van der Waals surface area contributed by atoms with Crippen LogP contribution in [0.5, 0.6) is 11.5 Å². The number of carbonyl (C=O) groups excluding carboxylic acids is 1. The van der Waals surface area contributed by atoms with Gasteiger partial charge in [0.25, 0.3) is 0 Å². The zero-order chi connectivity index (χ0) is 34.8. The number of methoxy groups -OCH3 is 1. The summed E-state index contributed by atoms with van der Waals surface area (Å²) in [6.45, 7) is 0.460. The Morgan fingerprint density at radius 3 is 1.25 bits per heavy atom. The van der Waals surface area contributed by atoms with E-state index >= 15 is 0 Å². The average Bonchev–Trinajstić information content (AvgIpc) is 3.07. The van der Waals surface area contributed by atoms with Crippen molar-refractivity contribution >= 4 is 18.0 Å². The van der Waals surface area contributed by atoms with Gasteiger partial charge >= 0.3 is 11.9 Å². The third-order valence-corrected chi connectivity index (χ3v) is 9.39. The maximum atomic E-state index is 11.9. The molecule has 48 heavy (non-hydrogen) atoms. The molecule has 0 fully saturated rings. The predicted octanol–water partition coefficient (Wildman–Crippen LogP) is 12.7. The smallest absolute Gasteiger partial charge is 0.330 e. The van der Waals surface area contributed by atoms with Crippen LogP contribution in [0.15, 0.2) is 24.3 Å². The van der Waals surface area contributed by atoms with Crippen LogP contribution in [0.2, 0.25) is 0 Å². The lowest BCUT2D eigenvalue weighted by atomic mass is 10.0. The lowest BCUT2D eigenvalue weighted by Gasteiger charge is -2.05. The van der Waals surface area contributed by atoms with E-state index in [1.54, 1.807) is 24.3 Å². The molecule has 0 aliphatic carbocycles. The number of ether oxygens (including phenoxy) is 2. The van der Waals surface area contributed by atoms with E-state index in [2.05, 4.69) is 0 Å². The highest BCUT2D eigenvalue weighted by molar-refractivity contribution is 5.87. The van der Waals surface area contributed by atoms with E-state index in [1.807, 2.05) is 0 Å². The van der Waals surface area contributed by atoms with Crippen LogP contribution in [0.25, 0.3) is 6.08 Å². The van der Waals surface area contributed by atoms with Crippen molar-refractivity contribution in [3.8, 4) is 11.5 Å². The Morgan fingerprint density at radius 2 is 0.917 bits per heavy atom. The van der Waals surface area contributed by atoms with Crippen LogP contribution >= 0.6 is 0 Å². The molecule has 0 amide bonds. The van der Waals surface area contributed by atoms with Gasteiger partial charge in [0.2, 0.25) is 0 Å². The summed E-state index contributed by atoms with van der Waals surface area (Å²) in [5, 5.41) is 18.5. The third-order valence-electron chi connectivity index (χ3n) is 9.39. The van der Waals surface area contributed by atoms with E-state index in [1.165, 1.54) is 174 Å². The van der Waals surface area contributed by atoms with Crippen molar-refractivity contribution in [2.75, 3.05) is 13.7 Å². The predicted molar refractivity (Wildman–Crippen MR) is 201 cm³/mol. The van der Waals surface area contributed by atoms with Crippen molar-refractivity contribution in [1.82, 2.24) is 0 Å². The Hall–Kier alpha value is -2.50. The molecular weight excluding hydrogens is 600 g/mol. The molecule has 0 heterocycles. The van der Waals surface area contributed by atoms with Crippen LogP contribution in [0.4, 0.5) is 0 Å². The number of unbranched alkanes of at least 4 members (excludes halogenated alkanes) is 28. The molecule has 0 saturated heterocycles. The van der Waals surface area contributed by atoms with Gasteiger partial charge in [-0.25, -0.2) is 4.79 Å². The van der Waals surface area contributed by atoms with E-state index in [4.69, 9.17) is 14.6 Å². The maximum Gasteiger partial charge on any atom is 0.330 e. The van der Waals surface area contributed by atoms with Gasteiger partial charge in [0.15, 0.2) is 11.5 Å². The second kappa shape index (κ2) is 33.0. The number of aromatic hydroxyl groups is 1. The van der Waals surface area contributed by atoms with Gasteiger partial charge in [-0.05, 0) is 36.6 Å². The Labute approximate surface area is 294 Å². The van der Waals surface area contributed by atoms with Gasteiger partial charge in [0.05, 0.1) is 13.7 Å². The third kappa shape index (κ3) is 28.5. The molecule has 0 radical (unpaired) electrons. The Kier molecular flexibility index (Phi) is 29.9. The molecule has 0 spiro atoms. The topological polar surface area (TPSA) is 93.1 Å². The second-order valence-corrected chi connectivity index (χ2v) is 13.8. The van der Waals surface area contributed by atoms with Crippen LogP contribution in [0, 0.1) is 0 Å². The molecule has 6 heteroatoms. The van der Waals surface area contributed by atoms with Crippen LogP contribution in [-0.2, 0) is 14.3 Å². The summed E-state index contributed by atoms with van der Waals surface area (Å²) >= 11 is 0. The van der Waals surface area contributed by atoms with Crippen LogP contribution in [0.1, 0.15) is 198 Å². The zero-order valence-electron chi connectivity index (χ0n) is 30.8. The zero-order valence-corrected chi connectivity index (χ0v) is 30.8. The molecule has 1 rings (SSSR count). The second-order valence-electron chi connectivity index (χ2n) is 13.8. The summed E-state index contributed by atoms with van der Waals surface area (Å²) in [6.07, 6.45) is 41.6. The van der Waals surface area contributed by atoms with Crippen molar-refractivity contribution < 1.29 is 29.3 Å². The summed E-state index contributed by atoms with van der Waals surface area (Å²) in [7, 11) is 1.50. The number of phenols is 1. The van der Waals surface area contributed by atoms with Gasteiger partial charge in [-0.2, -0.15) is 0 Å². The van der Waals surface area contributed by atoms with E-state index in [0.29, 0.717) is 18.8 Å². The molecular formula is C42H72O6. The van der Waals surface area contributed by atoms with Gasteiger partial charge in [-0.15, -0.1) is 0 Å². The summed E-state index contributed by atoms with van der Waals surface area (Å²) in [5.41, 5.74) is 0.721. The van der Waals surface area contributed by atoms with Crippen molar-refractivity contribution in [2.45, 2.75) is 193 Å². The van der Waals surface area contributed by atoms with Gasteiger partial charge in [-0.1, -0.05) is 179 Å². The van der Waals surface area contributed by atoms with E-state index in [0.717, 1.165) is 31.2 Å². The lowest BCUT2D eigenvalue weighted by molar-refractivity contribution is -0.138. The number of esters is 1. The molecule has 0 aliphatic rings. The molecule has 1 aromatic rings. The van der Waals surface area contributed by atoms with Crippen LogP contribution in [0.3, 0.4) is 0 Å². The molecule has 0 aromatic heterocycles. The van der Waals surface area contributed by atoms with Gasteiger partial charge in [0, 0.05) is 12.5 Å².